The Morgan fingerprint density at radius 3 is 2.64 bits per heavy atom. The van der Waals surface area contributed by atoms with E-state index in [2.05, 4.69) is 10.4 Å². The van der Waals surface area contributed by atoms with Crippen LogP contribution in [0.15, 0.2) is 66.9 Å². The SMILES string of the molecule is CCN(C(=O)COc1cccc(C(=O)c2cnn(-c3cc(C(=O)NC4CC4)ccc3C)c2N)c1)c1cc(Cl)ccc1O. The van der Waals surface area contributed by atoms with E-state index in [4.69, 9.17) is 22.1 Å². The van der Waals surface area contributed by atoms with Crippen molar-refractivity contribution < 1.29 is 24.2 Å². The van der Waals surface area contributed by atoms with Crippen molar-refractivity contribution in [3.05, 3.63) is 94.1 Å². The fourth-order valence-corrected chi connectivity index (χ4v) is 4.67. The van der Waals surface area contributed by atoms with Gasteiger partial charge in [-0.2, -0.15) is 5.10 Å². The lowest BCUT2D eigenvalue weighted by Gasteiger charge is -2.22. The van der Waals surface area contributed by atoms with Gasteiger partial charge in [0.25, 0.3) is 11.8 Å². The molecule has 1 fully saturated rings. The number of nitrogens with two attached hydrogens (primary N) is 1. The minimum Gasteiger partial charge on any atom is -0.506 e. The summed E-state index contributed by atoms with van der Waals surface area (Å²) in [7, 11) is 0. The highest BCUT2D eigenvalue weighted by atomic mass is 35.5. The van der Waals surface area contributed by atoms with E-state index in [0.717, 1.165) is 18.4 Å². The molecule has 3 aromatic carbocycles. The average Bonchev–Trinajstić information content (AvgIpc) is 3.72. The number of hydrogen-bond donors (Lipinski definition) is 3. The molecule has 0 unspecified atom stereocenters. The monoisotopic (exact) mass is 587 g/mol. The number of carbonyl (C=O) groups is 3. The van der Waals surface area contributed by atoms with Crippen molar-refractivity contribution in [1.82, 2.24) is 15.1 Å². The number of nitrogen functional groups attached to an aromatic ring is 1. The summed E-state index contributed by atoms with van der Waals surface area (Å²) in [4.78, 5) is 40.3. The van der Waals surface area contributed by atoms with Crippen LogP contribution in [-0.4, -0.2) is 51.7 Å². The smallest absolute Gasteiger partial charge is 0.265 e. The molecule has 10 nitrogen and oxygen atoms in total. The Morgan fingerprint density at radius 2 is 1.90 bits per heavy atom. The summed E-state index contributed by atoms with van der Waals surface area (Å²) >= 11 is 6.04. The summed E-state index contributed by atoms with van der Waals surface area (Å²) in [6, 6.07) is 16.3. The van der Waals surface area contributed by atoms with Gasteiger partial charge in [0.05, 0.1) is 23.1 Å². The number of aromatic hydroxyl groups is 1. The highest BCUT2D eigenvalue weighted by Gasteiger charge is 2.25. The number of ketones is 1. The number of phenols is 1. The number of ether oxygens (including phenoxy) is 1. The number of amides is 2. The molecular weight excluding hydrogens is 558 g/mol. The predicted molar refractivity (Wildman–Crippen MR) is 160 cm³/mol. The van der Waals surface area contributed by atoms with Gasteiger partial charge in [-0.05, 0) is 74.7 Å². The highest BCUT2D eigenvalue weighted by Crippen LogP contribution is 2.31. The molecule has 2 amide bonds. The van der Waals surface area contributed by atoms with E-state index in [-0.39, 0.29) is 53.7 Å². The van der Waals surface area contributed by atoms with Crippen LogP contribution in [0.4, 0.5) is 11.5 Å². The Morgan fingerprint density at radius 1 is 1.12 bits per heavy atom. The van der Waals surface area contributed by atoms with Crippen molar-refractivity contribution in [2.45, 2.75) is 32.7 Å². The molecule has 4 N–H and O–H groups in total. The van der Waals surface area contributed by atoms with E-state index in [9.17, 15) is 19.5 Å². The van der Waals surface area contributed by atoms with Gasteiger partial charge < -0.3 is 25.8 Å². The summed E-state index contributed by atoms with van der Waals surface area (Å²) in [6.45, 7) is 3.59. The molecule has 1 heterocycles. The van der Waals surface area contributed by atoms with Gasteiger partial charge in [-0.1, -0.05) is 29.8 Å². The number of likely N-dealkylation sites (N-methyl/N-ethyl adjacent to an activating group) is 1. The van der Waals surface area contributed by atoms with Gasteiger partial charge in [0.15, 0.2) is 12.4 Å². The number of halogens is 1. The van der Waals surface area contributed by atoms with E-state index in [1.54, 1.807) is 37.3 Å². The van der Waals surface area contributed by atoms with Gasteiger partial charge >= 0.3 is 0 Å². The first-order chi connectivity index (χ1) is 20.2. The molecular formula is C31H30ClN5O5. The molecule has 42 heavy (non-hydrogen) atoms. The van der Waals surface area contributed by atoms with Crippen molar-refractivity contribution in [2.75, 3.05) is 23.8 Å². The van der Waals surface area contributed by atoms with Gasteiger partial charge in [0, 0.05) is 28.7 Å². The number of aryl methyl sites for hydroxylation is 1. The molecule has 0 atom stereocenters. The van der Waals surface area contributed by atoms with Crippen LogP contribution >= 0.6 is 11.6 Å². The number of aromatic nitrogens is 2. The Bertz CT molecular complexity index is 1680. The standard InChI is InChI=1S/C31H30ClN5O5/c1-3-36(26-15-21(32)9-12-27(26)38)28(39)17-42-23-6-4-5-19(13-23)29(40)24-16-34-37(30(24)33)25-14-20(8-7-18(25)2)31(41)35-22-10-11-22/h4-9,12-16,22,38H,3,10-11,17,33H2,1-2H3,(H,35,41). The quantitative estimate of drug-likeness (QED) is 0.229. The number of nitrogens with one attached hydrogen (secondary N) is 1. The molecule has 1 aliphatic rings. The maximum absolute atomic E-state index is 13.4. The summed E-state index contributed by atoms with van der Waals surface area (Å²) in [6.07, 6.45) is 3.35. The van der Waals surface area contributed by atoms with Crippen LogP contribution in [0.5, 0.6) is 11.5 Å². The number of rotatable bonds is 10. The van der Waals surface area contributed by atoms with Crippen LogP contribution in [0, 0.1) is 6.92 Å². The highest BCUT2D eigenvalue weighted by molar-refractivity contribution is 6.31. The number of benzene rings is 3. The predicted octanol–water partition coefficient (Wildman–Crippen LogP) is 4.68. The number of anilines is 2. The lowest BCUT2D eigenvalue weighted by molar-refractivity contribution is -0.120. The number of hydrogen-bond acceptors (Lipinski definition) is 7. The second-order valence-corrected chi connectivity index (χ2v) is 10.5. The Labute approximate surface area is 247 Å². The normalized spacial score (nSPS) is 12.5. The van der Waals surface area contributed by atoms with Crippen molar-refractivity contribution >= 4 is 40.7 Å². The lowest BCUT2D eigenvalue weighted by Crippen LogP contribution is -2.34. The third kappa shape index (κ3) is 6.08. The van der Waals surface area contributed by atoms with Crippen LogP contribution in [0.3, 0.4) is 0 Å². The zero-order valence-electron chi connectivity index (χ0n) is 23.1. The van der Waals surface area contributed by atoms with Gasteiger partial charge in [0.2, 0.25) is 0 Å². The van der Waals surface area contributed by atoms with Crippen LogP contribution in [0.1, 0.15) is 51.6 Å². The minimum atomic E-state index is -0.402. The van der Waals surface area contributed by atoms with E-state index in [0.29, 0.717) is 27.6 Å². The van der Waals surface area contributed by atoms with Crippen molar-refractivity contribution in [2.24, 2.45) is 0 Å². The lowest BCUT2D eigenvalue weighted by atomic mass is 10.1. The second-order valence-electron chi connectivity index (χ2n) is 10.0. The van der Waals surface area contributed by atoms with Crippen molar-refractivity contribution in [1.29, 1.82) is 0 Å². The number of phenolic OH excluding ortho intramolecular Hbond substituents is 1. The van der Waals surface area contributed by atoms with E-state index in [1.807, 2.05) is 13.0 Å². The Balaban J connectivity index is 1.31. The van der Waals surface area contributed by atoms with Gasteiger partial charge in [-0.15, -0.1) is 0 Å². The zero-order valence-corrected chi connectivity index (χ0v) is 23.9. The molecule has 1 saturated carbocycles. The number of carbonyl (C=O) groups excluding carboxylic acids is 3. The molecule has 0 spiro atoms. The first-order valence-electron chi connectivity index (χ1n) is 13.5. The average molecular weight is 588 g/mol. The molecule has 5 rings (SSSR count). The van der Waals surface area contributed by atoms with Crippen molar-refractivity contribution in [3.63, 3.8) is 0 Å². The van der Waals surface area contributed by atoms with Gasteiger partial charge in [-0.3, -0.25) is 14.4 Å². The van der Waals surface area contributed by atoms with Crippen LogP contribution < -0.4 is 20.7 Å². The maximum Gasteiger partial charge on any atom is 0.265 e. The van der Waals surface area contributed by atoms with Crippen LogP contribution in [-0.2, 0) is 4.79 Å². The molecule has 11 heteroatoms. The third-order valence-electron chi connectivity index (χ3n) is 6.97. The molecule has 0 bridgehead atoms. The zero-order chi connectivity index (χ0) is 30.0. The molecule has 0 saturated heterocycles. The third-order valence-corrected chi connectivity index (χ3v) is 7.20. The Kier molecular flexibility index (Phi) is 8.17. The molecule has 0 aliphatic heterocycles. The fraction of sp³-hybridized carbons (Fsp3) is 0.226. The minimum absolute atomic E-state index is 0.0798. The first kappa shape index (κ1) is 28.7. The maximum atomic E-state index is 13.4. The summed E-state index contributed by atoms with van der Waals surface area (Å²) < 4.78 is 7.15. The Hall–Kier alpha value is -4.83. The molecule has 0 radical (unpaired) electrons. The van der Waals surface area contributed by atoms with Crippen molar-refractivity contribution in [3.8, 4) is 17.2 Å². The van der Waals surface area contributed by atoms with E-state index >= 15 is 0 Å². The summed E-state index contributed by atoms with van der Waals surface area (Å²) in [5, 5.41) is 17.9. The van der Waals surface area contributed by atoms with Gasteiger partial charge in [-0.25, -0.2) is 4.68 Å². The topological polar surface area (TPSA) is 140 Å². The van der Waals surface area contributed by atoms with Gasteiger partial charge in [0.1, 0.15) is 17.3 Å². The number of nitrogens with zero attached hydrogens (tertiary/aromatic N) is 3. The summed E-state index contributed by atoms with van der Waals surface area (Å²) in [5.41, 5.74) is 9.05. The first-order valence-corrected chi connectivity index (χ1v) is 13.9. The summed E-state index contributed by atoms with van der Waals surface area (Å²) in [5.74, 6) is -0.595. The van der Waals surface area contributed by atoms with E-state index in [1.165, 1.54) is 40.0 Å². The second kappa shape index (κ2) is 12.0. The molecule has 4 aromatic rings. The molecule has 216 valence electrons. The molecule has 1 aromatic heterocycles. The molecule has 1 aliphatic carbocycles. The van der Waals surface area contributed by atoms with Crippen LogP contribution in [0.25, 0.3) is 5.69 Å². The largest absolute Gasteiger partial charge is 0.506 e. The fourth-order valence-electron chi connectivity index (χ4n) is 4.50. The van der Waals surface area contributed by atoms with E-state index < -0.39 is 5.91 Å². The van der Waals surface area contributed by atoms with Crippen LogP contribution in [0.2, 0.25) is 5.02 Å².